The minimum Gasteiger partial charge on any atom is -0.357 e. The maximum Gasteiger partial charge on any atom is 0.191 e. The molecule has 0 aliphatic heterocycles. The molecule has 5 heteroatoms. The number of fused-ring (bicyclic) bond motifs is 1. The first kappa shape index (κ1) is 16.3. The summed E-state index contributed by atoms with van der Waals surface area (Å²) in [5.74, 6) is 0.886. The van der Waals surface area contributed by atoms with Gasteiger partial charge in [-0.15, -0.1) is 0 Å². The van der Waals surface area contributed by atoms with Crippen LogP contribution in [-0.2, 0) is 6.42 Å². The summed E-state index contributed by atoms with van der Waals surface area (Å²) >= 11 is 0. The number of nitrogens with one attached hydrogen (secondary N) is 2. The monoisotopic (exact) mass is 301 g/mol. The van der Waals surface area contributed by atoms with Gasteiger partial charge in [-0.25, -0.2) is 4.98 Å². The van der Waals surface area contributed by atoms with Crippen LogP contribution in [-0.4, -0.2) is 34.5 Å². The van der Waals surface area contributed by atoms with Crippen molar-refractivity contribution in [1.29, 1.82) is 0 Å². The summed E-state index contributed by atoms with van der Waals surface area (Å²) in [5.41, 5.74) is 3.31. The molecule has 120 valence electrons. The van der Waals surface area contributed by atoms with E-state index in [0.29, 0.717) is 6.04 Å². The molecule has 1 atom stereocenters. The quantitative estimate of drug-likeness (QED) is 0.637. The normalized spacial score (nSPS) is 13.4. The van der Waals surface area contributed by atoms with Crippen molar-refractivity contribution in [3.63, 3.8) is 0 Å². The predicted octanol–water partition coefficient (Wildman–Crippen LogP) is 2.54. The van der Waals surface area contributed by atoms with Crippen LogP contribution in [0.1, 0.15) is 38.4 Å². The average molecular weight is 301 g/mol. The average Bonchev–Trinajstić information content (AvgIpc) is 2.91. The molecule has 0 radical (unpaired) electrons. The summed E-state index contributed by atoms with van der Waals surface area (Å²) in [6.07, 6.45) is 6.05. The lowest BCUT2D eigenvalue weighted by Crippen LogP contribution is -2.42. The van der Waals surface area contributed by atoms with Crippen LogP contribution in [0.2, 0.25) is 0 Å². The van der Waals surface area contributed by atoms with E-state index in [1.54, 1.807) is 0 Å². The third kappa shape index (κ3) is 4.23. The summed E-state index contributed by atoms with van der Waals surface area (Å²) in [4.78, 5) is 9.32. The van der Waals surface area contributed by atoms with Crippen molar-refractivity contribution >= 4 is 11.6 Å². The van der Waals surface area contributed by atoms with Crippen molar-refractivity contribution in [2.45, 2.75) is 46.6 Å². The SMILES string of the molecule is CCNC(=NCCc1cn2cccc(C)c2n1)NC(C)CC. The van der Waals surface area contributed by atoms with Gasteiger partial charge >= 0.3 is 0 Å². The molecule has 0 aromatic carbocycles. The van der Waals surface area contributed by atoms with Gasteiger partial charge in [0.2, 0.25) is 0 Å². The van der Waals surface area contributed by atoms with Crippen LogP contribution in [0, 0.1) is 6.92 Å². The molecule has 0 aliphatic rings. The Kier molecular flexibility index (Phi) is 5.81. The van der Waals surface area contributed by atoms with Crippen molar-refractivity contribution < 1.29 is 0 Å². The number of nitrogens with zero attached hydrogens (tertiary/aromatic N) is 3. The molecule has 2 N–H and O–H groups in total. The summed E-state index contributed by atoms with van der Waals surface area (Å²) < 4.78 is 2.08. The van der Waals surface area contributed by atoms with Gasteiger partial charge in [0.1, 0.15) is 5.65 Å². The number of aromatic nitrogens is 2. The molecular weight excluding hydrogens is 274 g/mol. The molecule has 0 aliphatic carbocycles. The third-order valence-electron chi connectivity index (χ3n) is 3.71. The maximum atomic E-state index is 4.69. The Morgan fingerprint density at radius 3 is 2.91 bits per heavy atom. The Hall–Kier alpha value is -2.04. The van der Waals surface area contributed by atoms with Crippen LogP contribution >= 0.6 is 0 Å². The summed E-state index contributed by atoms with van der Waals surface area (Å²) in [5, 5.41) is 6.69. The van der Waals surface area contributed by atoms with Gasteiger partial charge in [0.05, 0.1) is 5.69 Å². The van der Waals surface area contributed by atoms with Crippen LogP contribution < -0.4 is 10.6 Å². The predicted molar refractivity (Wildman–Crippen MR) is 92.5 cm³/mol. The van der Waals surface area contributed by atoms with E-state index in [9.17, 15) is 0 Å². The standard InChI is InChI=1S/C17H27N5/c1-5-14(4)20-17(18-6-2)19-10-9-15-12-22-11-7-8-13(3)16(22)21-15/h7-8,11-12,14H,5-6,9-10H2,1-4H3,(H2,18,19,20). The van der Waals surface area contributed by atoms with Crippen LogP contribution in [0.5, 0.6) is 0 Å². The number of pyridine rings is 1. The second-order valence-corrected chi connectivity index (χ2v) is 5.62. The lowest BCUT2D eigenvalue weighted by molar-refractivity contribution is 0.624. The van der Waals surface area contributed by atoms with Crippen molar-refractivity contribution in [2.75, 3.05) is 13.1 Å². The summed E-state index contributed by atoms with van der Waals surface area (Å²) in [7, 11) is 0. The van der Waals surface area contributed by atoms with E-state index in [-0.39, 0.29) is 0 Å². The van der Waals surface area contributed by atoms with Gasteiger partial charge in [0, 0.05) is 37.9 Å². The van der Waals surface area contributed by atoms with Gasteiger partial charge in [-0.05, 0) is 38.8 Å². The van der Waals surface area contributed by atoms with Crippen molar-refractivity contribution in [1.82, 2.24) is 20.0 Å². The number of hydrogen-bond donors (Lipinski definition) is 2. The Morgan fingerprint density at radius 2 is 2.23 bits per heavy atom. The lowest BCUT2D eigenvalue weighted by atomic mass is 10.3. The Morgan fingerprint density at radius 1 is 1.41 bits per heavy atom. The first-order valence-corrected chi connectivity index (χ1v) is 8.12. The third-order valence-corrected chi connectivity index (χ3v) is 3.71. The number of aliphatic imine (C=N–C) groups is 1. The van der Waals surface area contributed by atoms with Crippen LogP contribution in [0.15, 0.2) is 29.5 Å². The first-order chi connectivity index (χ1) is 10.6. The summed E-state index contributed by atoms with van der Waals surface area (Å²) in [6, 6.07) is 4.56. The zero-order chi connectivity index (χ0) is 15.9. The Balaban J connectivity index is 2.00. The van der Waals surface area contributed by atoms with Gasteiger partial charge in [0.15, 0.2) is 5.96 Å². The fraction of sp³-hybridized carbons (Fsp3) is 0.529. The number of imidazole rings is 1. The highest BCUT2D eigenvalue weighted by molar-refractivity contribution is 5.80. The minimum absolute atomic E-state index is 0.427. The fourth-order valence-electron chi connectivity index (χ4n) is 2.26. The number of aryl methyl sites for hydroxylation is 1. The summed E-state index contributed by atoms with van der Waals surface area (Å²) in [6.45, 7) is 10.1. The highest BCUT2D eigenvalue weighted by atomic mass is 15.2. The molecule has 2 rings (SSSR count). The second-order valence-electron chi connectivity index (χ2n) is 5.62. The minimum atomic E-state index is 0.427. The molecule has 0 amide bonds. The topological polar surface area (TPSA) is 53.7 Å². The fourth-order valence-corrected chi connectivity index (χ4v) is 2.26. The lowest BCUT2D eigenvalue weighted by Gasteiger charge is -2.15. The molecule has 1 unspecified atom stereocenters. The van der Waals surface area contributed by atoms with Crippen LogP contribution in [0.25, 0.3) is 5.65 Å². The van der Waals surface area contributed by atoms with Crippen LogP contribution in [0.4, 0.5) is 0 Å². The van der Waals surface area contributed by atoms with E-state index < -0.39 is 0 Å². The Labute approximate surface area is 132 Å². The maximum absolute atomic E-state index is 4.69. The highest BCUT2D eigenvalue weighted by Gasteiger charge is 2.05. The van der Waals surface area contributed by atoms with E-state index in [1.807, 2.05) is 12.3 Å². The molecule has 0 fully saturated rings. The molecule has 0 bridgehead atoms. The van der Waals surface area contributed by atoms with Gasteiger partial charge in [-0.3, -0.25) is 4.99 Å². The number of guanidine groups is 1. The van der Waals surface area contributed by atoms with Gasteiger partial charge < -0.3 is 15.0 Å². The molecule has 0 saturated heterocycles. The molecule has 5 nitrogen and oxygen atoms in total. The van der Waals surface area contributed by atoms with Crippen molar-refractivity contribution in [3.8, 4) is 0 Å². The molecule has 2 heterocycles. The highest BCUT2D eigenvalue weighted by Crippen LogP contribution is 2.10. The van der Waals surface area contributed by atoms with E-state index in [4.69, 9.17) is 0 Å². The van der Waals surface area contributed by atoms with Crippen molar-refractivity contribution in [3.05, 3.63) is 35.8 Å². The number of hydrogen-bond acceptors (Lipinski definition) is 2. The zero-order valence-electron chi connectivity index (χ0n) is 14.1. The Bertz CT molecular complexity index is 629. The molecular formula is C17H27N5. The van der Waals surface area contributed by atoms with Gasteiger partial charge in [-0.2, -0.15) is 0 Å². The van der Waals surface area contributed by atoms with E-state index >= 15 is 0 Å². The van der Waals surface area contributed by atoms with E-state index in [2.05, 4.69) is 65.0 Å². The number of rotatable bonds is 6. The second kappa shape index (κ2) is 7.82. The molecule has 0 saturated carbocycles. The van der Waals surface area contributed by atoms with Crippen LogP contribution in [0.3, 0.4) is 0 Å². The molecule has 0 spiro atoms. The van der Waals surface area contributed by atoms with Crippen molar-refractivity contribution in [2.24, 2.45) is 4.99 Å². The first-order valence-electron chi connectivity index (χ1n) is 8.12. The van der Waals surface area contributed by atoms with Gasteiger partial charge in [0.25, 0.3) is 0 Å². The largest absolute Gasteiger partial charge is 0.357 e. The van der Waals surface area contributed by atoms with Gasteiger partial charge in [-0.1, -0.05) is 13.0 Å². The van der Waals surface area contributed by atoms with E-state index in [0.717, 1.165) is 43.2 Å². The van der Waals surface area contributed by atoms with E-state index in [1.165, 1.54) is 5.56 Å². The zero-order valence-corrected chi connectivity index (χ0v) is 14.1. The molecule has 22 heavy (non-hydrogen) atoms. The molecule has 2 aromatic rings. The molecule has 2 aromatic heterocycles. The smallest absolute Gasteiger partial charge is 0.191 e.